The van der Waals surface area contributed by atoms with Gasteiger partial charge in [0.15, 0.2) is 0 Å². The normalized spacial score (nSPS) is 10.9. The molecule has 0 bridgehead atoms. The fourth-order valence-corrected chi connectivity index (χ4v) is 6.21. The zero-order chi connectivity index (χ0) is 13.0. The first-order chi connectivity index (χ1) is 8.77. The molecule has 0 aliphatic rings. The van der Waals surface area contributed by atoms with Crippen LogP contribution in [0.2, 0.25) is 0 Å². The quantitative estimate of drug-likeness (QED) is 0.592. The Balaban J connectivity index is 2.44. The van der Waals surface area contributed by atoms with E-state index in [1.807, 2.05) is 0 Å². The molecule has 0 saturated carbocycles. The van der Waals surface area contributed by atoms with Crippen molar-refractivity contribution in [2.45, 2.75) is 9.79 Å². The van der Waals surface area contributed by atoms with Gasteiger partial charge in [0.1, 0.15) is 0 Å². The minimum atomic E-state index is -0.793. The molecule has 0 saturated heterocycles. The van der Waals surface area contributed by atoms with Crippen LogP contribution < -0.4 is 10.6 Å². The van der Waals surface area contributed by atoms with Gasteiger partial charge < -0.3 is 0 Å². The number of rotatable bonds is 4. The lowest BCUT2D eigenvalue weighted by atomic mass is 10.4. The van der Waals surface area contributed by atoms with Gasteiger partial charge in [-0.3, -0.25) is 0 Å². The highest BCUT2D eigenvalue weighted by Gasteiger charge is 2.16. The van der Waals surface area contributed by atoms with Crippen LogP contribution in [-0.2, 0) is 0 Å². The van der Waals surface area contributed by atoms with E-state index in [1.165, 1.54) is 20.4 Å². The van der Waals surface area contributed by atoms with E-state index in [2.05, 4.69) is 61.0 Å². The Hall–Kier alpha value is -0.140. The average Bonchev–Trinajstić information content (AvgIpc) is 2.46. The molecule has 0 nitrogen and oxygen atoms in total. The van der Waals surface area contributed by atoms with Crippen LogP contribution >= 0.6 is 42.0 Å². The first-order valence-corrected chi connectivity index (χ1v) is 10.2. The predicted octanol–water partition coefficient (Wildman–Crippen LogP) is 4.72. The SMILES string of the molecule is CSc1ccccc1P(Cl)c1ccccc1SC. The third kappa shape index (κ3) is 3.05. The van der Waals surface area contributed by atoms with Gasteiger partial charge in [0.2, 0.25) is 0 Å². The minimum Gasteiger partial charge on any atom is -0.129 e. The highest BCUT2D eigenvalue weighted by Crippen LogP contribution is 2.43. The molecule has 0 fully saturated rings. The molecule has 0 atom stereocenters. The Morgan fingerprint density at radius 2 is 1.17 bits per heavy atom. The Labute approximate surface area is 123 Å². The second-order valence-electron chi connectivity index (χ2n) is 3.62. The molecular formula is C14H14ClPS2. The molecule has 0 radical (unpaired) electrons. The first kappa shape index (κ1) is 14.3. The van der Waals surface area contributed by atoms with Crippen molar-refractivity contribution in [1.82, 2.24) is 0 Å². The maximum atomic E-state index is 6.74. The first-order valence-electron chi connectivity index (χ1n) is 5.50. The number of thioether (sulfide) groups is 2. The summed E-state index contributed by atoms with van der Waals surface area (Å²) in [6.07, 6.45) is 4.19. The molecule has 0 amide bonds. The summed E-state index contributed by atoms with van der Waals surface area (Å²) in [5.41, 5.74) is 0. The van der Waals surface area contributed by atoms with Gasteiger partial charge in [-0.15, -0.1) is 23.5 Å². The number of halogens is 1. The third-order valence-corrected chi connectivity index (χ3v) is 7.21. The minimum absolute atomic E-state index is 0.793. The van der Waals surface area contributed by atoms with Gasteiger partial charge in [0, 0.05) is 20.4 Å². The summed E-state index contributed by atoms with van der Waals surface area (Å²) >= 11 is 10.3. The Morgan fingerprint density at radius 1 is 0.778 bits per heavy atom. The third-order valence-electron chi connectivity index (χ3n) is 2.59. The van der Waals surface area contributed by atoms with E-state index >= 15 is 0 Å². The number of hydrogen-bond acceptors (Lipinski definition) is 2. The van der Waals surface area contributed by atoms with Crippen molar-refractivity contribution in [2.75, 3.05) is 12.5 Å². The lowest BCUT2D eigenvalue weighted by Crippen LogP contribution is -2.12. The summed E-state index contributed by atoms with van der Waals surface area (Å²) in [4.78, 5) is 2.55. The Kier molecular flexibility index (Phi) is 5.44. The Morgan fingerprint density at radius 3 is 1.56 bits per heavy atom. The van der Waals surface area contributed by atoms with Crippen LogP contribution in [0.25, 0.3) is 0 Å². The van der Waals surface area contributed by atoms with Crippen molar-refractivity contribution in [3.8, 4) is 0 Å². The lowest BCUT2D eigenvalue weighted by molar-refractivity contribution is 1.51. The molecule has 0 heterocycles. The molecule has 0 N–H and O–H groups in total. The summed E-state index contributed by atoms with van der Waals surface area (Å²) in [5, 5.41) is 2.51. The van der Waals surface area contributed by atoms with E-state index in [-0.39, 0.29) is 0 Å². The van der Waals surface area contributed by atoms with E-state index in [0.717, 1.165) is 0 Å². The summed E-state index contributed by atoms with van der Waals surface area (Å²) in [5.74, 6) is 0. The largest absolute Gasteiger partial charge is 0.129 e. The van der Waals surface area contributed by atoms with Crippen molar-refractivity contribution in [3.05, 3.63) is 48.5 Å². The highest BCUT2D eigenvalue weighted by molar-refractivity contribution is 8.02. The Bertz CT molecular complexity index is 483. The van der Waals surface area contributed by atoms with Crippen LogP contribution in [0.4, 0.5) is 0 Å². The van der Waals surface area contributed by atoms with E-state index in [1.54, 1.807) is 23.5 Å². The van der Waals surface area contributed by atoms with Crippen LogP contribution in [0.15, 0.2) is 58.3 Å². The van der Waals surface area contributed by atoms with Gasteiger partial charge in [-0.25, -0.2) is 0 Å². The van der Waals surface area contributed by atoms with Crippen LogP contribution in [0.1, 0.15) is 0 Å². The van der Waals surface area contributed by atoms with Crippen molar-refractivity contribution in [3.63, 3.8) is 0 Å². The molecule has 0 aliphatic carbocycles. The molecule has 0 aliphatic heterocycles. The topological polar surface area (TPSA) is 0 Å². The molecule has 18 heavy (non-hydrogen) atoms. The molecule has 0 unspecified atom stereocenters. The molecule has 94 valence electrons. The van der Waals surface area contributed by atoms with E-state index in [4.69, 9.17) is 11.2 Å². The van der Waals surface area contributed by atoms with E-state index < -0.39 is 7.27 Å². The average molecular weight is 313 g/mol. The van der Waals surface area contributed by atoms with Crippen molar-refractivity contribution in [2.24, 2.45) is 0 Å². The van der Waals surface area contributed by atoms with Gasteiger partial charge in [0.05, 0.1) is 7.27 Å². The zero-order valence-corrected chi connectivity index (χ0v) is 13.5. The van der Waals surface area contributed by atoms with Gasteiger partial charge in [-0.1, -0.05) is 47.6 Å². The highest BCUT2D eigenvalue weighted by atomic mass is 35.7. The van der Waals surface area contributed by atoms with Gasteiger partial charge >= 0.3 is 0 Å². The fraction of sp³-hybridized carbons (Fsp3) is 0.143. The summed E-state index contributed by atoms with van der Waals surface area (Å²) in [6, 6.07) is 16.8. The van der Waals surface area contributed by atoms with Crippen molar-refractivity contribution in [1.29, 1.82) is 0 Å². The smallest absolute Gasteiger partial charge is 0.0546 e. The predicted molar refractivity (Wildman–Crippen MR) is 88.5 cm³/mol. The van der Waals surface area contributed by atoms with Gasteiger partial charge in [0.25, 0.3) is 0 Å². The molecule has 0 spiro atoms. The molecule has 2 aromatic carbocycles. The standard InChI is InChI=1S/C14H14ClPS2/c1-17-13-9-5-3-7-11(13)16(15)12-8-4-6-10-14(12)18-2/h3-10H,1-2H3. The molecule has 2 aromatic rings. The lowest BCUT2D eigenvalue weighted by Gasteiger charge is -2.16. The second kappa shape index (κ2) is 6.86. The zero-order valence-electron chi connectivity index (χ0n) is 10.3. The molecule has 2 rings (SSSR count). The monoisotopic (exact) mass is 312 g/mol. The molecule has 0 aromatic heterocycles. The van der Waals surface area contributed by atoms with Crippen LogP contribution in [0.5, 0.6) is 0 Å². The van der Waals surface area contributed by atoms with Gasteiger partial charge in [-0.05, 0) is 24.6 Å². The number of benzene rings is 2. The fourth-order valence-electron chi connectivity index (χ4n) is 1.71. The van der Waals surface area contributed by atoms with E-state index in [0.29, 0.717) is 0 Å². The van der Waals surface area contributed by atoms with Crippen LogP contribution in [-0.4, -0.2) is 12.5 Å². The summed E-state index contributed by atoms with van der Waals surface area (Å²) in [6.45, 7) is 0. The summed E-state index contributed by atoms with van der Waals surface area (Å²) < 4.78 is 0. The maximum absolute atomic E-state index is 6.74. The summed E-state index contributed by atoms with van der Waals surface area (Å²) in [7, 11) is -0.793. The number of hydrogen-bond donors (Lipinski definition) is 0. The van der Waals surface area contributed by atoms with Crippen molar-refractivity contribution >= 4 is 52.6 Å². The van der Waals surface area contributed by atoms with Crippen molar-refractivity contribution < 1.29 is 0 Å². The second-order valence-corrected chi connectivity index (χ2v) is 7.86. The van der Waals surface area contributed by atoms with Gasteiger partial charge in [-0.2, -0.15) is 0 Å². The van der Waals surface area contributed by atoms with Crippen LogP contribution in [0.3, 0.4) is 0 Å². The van der Waals surface area contributed by atoms with Crippen LogP contribution in [0, 0.1) is 0 Å². The molecular weight excluding hydrogens is 299 g/mol. The molecule has 4 heteroatoms. The maximum Gasteiger partial charge on any atom is 0.0546 e. The van der Waals surface area contributed by atoms with E-state index in [9.17, 15) is 0 Å².